The second-order valence-corrected chi connectivity index (χ2v) is 17.2. The van der Waals surface area contributed by atoms with E-state index in [-0.39, 0.29) is 5.41 Å². The van der Waals surface area contributed by atoms with Crippen LogP contribution >= 0.6 is 0 Å². The van der Waals surface area contributed by atoms with Gasteiger partial charge in [-0.25, -0.2) is 0 Å². The molecular weight excluding hydrogens is 725 g/mol. The Balaban J connectivity index is 1.10. The summed E-state index contributed by atoms with van der Waals surface area (Å²) in [7, 11) is 0. The van der Waals surface area contributed by atoms with E-state index in [0.29, 0.717) is 0 Å². The van der Waals surface area contributed by atoms with Gasteiger partial charge in [0.1, 0.15) is 0 Å². The zero-order valence-electron chi connectivity index (χ0n) is 33.5. The highest BCUT2D eigenvalue weighted by atomic mass is 15.1. The highest BCUT2D eigenvalue weighted by molar-refractivity contribution is 6.09. The third-order valence-corrected chi connectivity index (χ3v) is 14.0. The van der Waals surface area contributed by atoms with Gasteiger partial charge in [0, 0.05) is 38.8 Å². The van der Waals surface area contributed by atoms with Gasteiger partial charge in [-0.1, -0.05) is 172 Å². The van der Waals surface area contributed by atoms with E-state index in [9.17, 15) is 0 Å². The quantitative estimate of drug-likeness (QED) is 0.173. The van der Waals surface area contributed by atoms with E-state index in [1.54, 1.807) is 0 Å². The Morgan fingerprint density at radius 1 is 0.367 bits per heavy atom. The summed E-state index contributed by atoms with van der Waals surface area (Å²) >= 11 is 0. The average Bonchev–Trinajstić information content (AvgIpc) is 3.97. The van der Waals surface area contributed by atoms with Crippen molar-refractivity contribution in [3.8, 4) is 39.1 Å². The Bertz CT molecular complexity index is 3340. The summed E-state index contributed by atoms with van der Waals surface area (Å²) in [5.41, 5.74) is 22.4. The molecule has 0 amide bonds. The third kappa shape index (κ3) is 4.22. The van der Waals surface area contributed by atoms with Crippen LogP contribution in [0.1, 0.15) is 47.2 Å². The predicted molar refractivity (Wildman–Crippen MR) is 249 cm³/mol. The van der Waals surface area contributed by atoms with Gasteiger partial charge in [0.25, 0.3) is 0 Å². The Kier molecular flexibility index (Phi) is 6.74. The van der Waals surface area contributed by atoms with Gasteiger partial charge >= 0.3 is 0 Å². The molecule has 0 N–H and O–H groups in total. The Labute approximate surface area is 350 Å². The van der Waals surface area contributed by atoms with Crippen molar-refractivity contribution in [3.63, 3.8) is 0 Å². The molecule has 0 fully saturated rings. The molecule has 60 heavy (non-hydrogen) atoms. The molecule has 0 aliphatic heterocycles. The van der Waals surface area contributed by atoms with Crippen LogP contribution in [0.3, 0.4) is 0 Å². The van der Waals surface area contributed by atoms with Gasteiger partial charge in [-0.3, -0.25) is 0 Å². The number of benzene rings is 9. The molecule has 0 bridgehead atoms. The van der Waals surface area contributed by atoms with Crippen molar-refractivity contribution in [1.29, 1.82) is 0 Å². The number of para-hydroxylation sites is 2. The van der Waals surface area contributed by atoms with Crippen LogP contribution in [0.25, 0.3) is 60.9 Å². The van der Waals surface area contributed by atoms with Crippen molar-refractivity contribution in [3.05, 3.63) is 240 Å². The van der Waals surface area contributed by atoms with Crippen LogP contribution in [0.15, 0.2) is 206 Å². The highest BCUT2D eigenvalue weighted by Gasteiger charge is 2.52. The molecule has 9 aromatic carbocycles. The summed E-state index contributed by atoms with van der Waals surface area (Å²) in [5.74, 6) is 0. The molecule has 2 heteroatoms. The van der Waals surface area contributed by atoms with Gasteiger partial charge in [0.05, 0.1) is 22.1 Å². The minimum Gasteiger partial charge on any atom is -0.310 e. The molecule has 3 aliphatic rings. The molecule has 10 aromatic rings. The van der Waals surface area contributed by atoms with Gasteiger partial charge in [-0.15, -0.1) is 0 Å². The number of rotatable bonds is 4. The largest absolute Gasteiger partial charge is 0.310 e. The van der Waals surface area contributed by atoms with Crippen molar-refractivity contribution in [2.45, 2.75) is 24.7 Å². The second kappa shape index (κ2) is 12.1. The molecule has 282 valence electrons. The van der Waals surface area contributed by atoms with Gasteiger partial charge in [-0.2, -0.15) is 0 Å². The number of aromatic nitrogens is 1. The standard InChI is InChI=1S/C58H40N2/c1-57(2)47-25-9-3-19-40(47)43-34-33-39(36-52(43)57)59(37-17-15-18-38(35-37)60-53-30-13-7-22-44(53)45-23-8-14-31-54(45)60)55-32-16-29-51-56(55)46-24-6-12-28-50(46)58(51)48-26-10-4-20-41(48)42-21-5-11-27-49(42)58/h3-36H,1-2H3. The van der Waals surface area contributed by atoms with Crippen molar-refractivity contribution < 1.29 is 0 Å². The smallest absolute Gasteiger partial charge is 0.0726 e. The fourth-order valence-electron chi connectivity index (χ4n) is 11.5. The topological polar surface area (TPSA) is 8.17 Å². The fraction of sp³-hybridized carbons (Fsp3) is 0.0690. The summed E-state index contributed by atoms with van der Waals surface area (Å²) in [6.07, 6.45) is 0. The maximum atomic E-state index is 2.54. The van der Waals surface area contributed by atoms with Crippen LogP contribution in [0.2, 0.25) is 0 Å². The van der Waals surface area contributed by atoms with Crippen LogP contribution in [0.4, 0.5) is 17.1 Å². The number of hydrogen-bond donors (Lipinski definition) is 0. The summed E-state index contributed by atoms with van der Waals surface area (Å²) < 4.78 is 2.43. The van der Waals surface area contributed by atoms with Crippen molar-refractivity contribution >= 4 is 38.9 Å². The Hall–Kier alpha value is -7.42. The number of nitrogens with zero attached hydrogens (tertiary/aromatic N) is 2. The van der Waals surface area contributed by atoms with Gasteiger partial charge in [0.15, 0.2) is 0 Å². The van der Waals surface area contributed by atoms with Crippen LogP contribution < -0.4 is 4.90 Å². The molecule has 0 atom stereocenters. The number of hydrogen-bond acceptors (Lipinski definition) is 1. The SMILES string of the molecule is CC1(C)c2ccccc2-c2ccc(N(c3cccc(-n4c5ccccc5c5ccccc54)c3)c3cccc4c3-c3ccccc3C43c4ccccc4-c4ccccc43)cc21. The summed E-state index contributed by atoms with van der Waals surface area (Å²) in [4.78, 5) is 2.54. The van der Waals surface area contributed by atoms with Crippen LogP contribution in [0.5, 0.6) is 0 Å². The first-order valence-corrected chi connectivity index (χ1v) is 21.1. The maximum absolute atomic E-state index is 2.54. The summed E-state index contributed by atoms with van der Waals surface area (Å²) in [5, 5.41) is 2.52. The van der Waals surface area contributed by atoms with Crippen molar-refractivity contribution in [2.75, 3.05) is 4.90 Å². The van der Waals surface area contributed by atoms with Crippen molar-refractivity contribution in [1.82, 2.24) is 4.57 Å². The molecule has 1 aromatic heterocycles. The molecule has 0 radical (unpaired) electrons. The minimum absolute atomic E-state index is 0.148. The molecule has 3 aliphatic carbocycles. The first-order valence-electron chi connectivity index (χ1n) is 21.1. The van der Waals surface area contributed by atoms with E-state index in [4.69, 9.17) is 0 Å². The van der Waals surface area contributed by atoms with Crippen LogP contribution in [0, 0.1) is 0 Å². The predicted octanol–water partition coefficient (Wildman–Crippen LogP) is 14.9. The second-order valence-electron chi connectivity index (χ2n) is 17.2. The minimum atomic E-state index is -0.437. The lowest BCUT2D eigenvalue weighted by Crippen LogP contribution is -2.26. The number of fused-ring (bicyclic) bond motifs is 16. The molecule has 0 unspecified atom stereocenters. The van der Waals surface area contributed by atoms with Gasteiger partial charge in [0.2, 0.25) is 0 Å². The van der Waals surface area contributed by atoms with E-state index in [1.807, 2.05) is 0 Å². The first-order chi connectivity index (χ1) is 29.5. The average molecular weight is 765 g/mol. The van der Waals surface area contributed by atoms with E-state index in [2.05, 4.69) is 230 Å². The molecule has 13 rings (SSSR count). The van der Waals surface area contributed by atoms with Gasteiger partial charge in [-0.05, 0) is 110 Å². The normalized spacial score (nSPS) is 14.4. The third-order valence-electron chi connectivity index (χ3n) is 14.0. The van der Waals surface area contributed by atoms with E-state index in [1.165, 1.54) is 94.3 Å². The molecule has 0 saturated carbocycles. The Morgan fingerprint density at radius 3 is 1.52 bits per heavy atom. The zero-order chi connectivity index (χ0) is 39.7. The van der Waals surface area contributed by atoms with Crippen LogP contribution in [-0.4, -0.2) is 4.57 Å². The summed E-state index contributed by atoms with van der Waals surface area (Å²) in [6, 6.07) is 77.2. The fourth-order valence-corrected chi connectivity index (χ4v) is 11.5. The molecule has 1 spiro atoms. The maximum Gasteiger partial charge on any atom is 0.0726 e. The van der Waals surface area contributed by atoms with E-state index >= 15 is 0 Å². The molecular formula is C58H40N2. The van der Waals surface area contributed by atoms with Crippen molar-refractivity contribution in [2.24, 2.45) is 0 Å². The molecule has 2 nitrogen and oxygen atoms in total. The monoisotopic (exact) mass is 764 g/mol. The zero-order valence-corrected chi connectivity index (χ0v) is 33.5. The highest BCUT2D eigenvalue weighted by Crippen LogP contribution is 2.65. The van der Waals surface area contributed by atoms with E-state index in [0.717, 1.165) is 17.1 Å². The Morgan fingerprint density at radius 2 is 0.850 bits per heavy atom. The van der Waals surface area contributed by atoms with E-state index < -0.39 is 5.41 Å². The lowest BCUT2D eigenvalue weighted by molar-refractivity contribution is 0.660. The van der Waals surface area contributed by atoms with Crippen LogP contribution in [-0.2, 0) is 10.8 Å². The molecule has 1 heterocycles. The molecule has 0 saturated heterocycles. The summed E-state index contributed by atoms with van der Waals surface area (Å²) in [6.45, 7) is 4.76. The number of anilines is 3. The lowest BCUT2D eigenvalue weighted by Gasteiger charge is -2.32. The lowest BCUT2D eigenvalue weighted by atomic mass is 9.70. The first kappa shape index (κ1) is 33.5. The van der Waals surface area contributed by atoms with Gasteiger partial charge < -0.3 is 9.47 Å².